The van der Waals surface area contributed by atoms with Gasteiger partial charge < -0.3 is 5.32 Å². The molecule has 0 spiro atoms. The lowest BCUT2D eigenvalue weighted by atomic mass is 9.78. The predicted molar refractivity (Wildman–Crippen MR) is 118 cm³/mol. The zero-order valence-electron chi connectivity index (χ0n) is 16.8. The van der Waals surface area contributed by atoms with Crippen molar-refractivity contribution in [3.63, 3.8) is 0 Å². The van der Waals surface area contributed by atoms with Crippen molar-refractivity contribution in [2.24, 2.45) is 11.8 Å². The lowest BCUT2D eigenvalue weighted by Crippen LogP contribution is -2.44. The summed E-state index contributed by atoms with van der Waals surface area (Å²) in [6.45, 7) is 4.58. The largest absolute Gasteiger partial charge is 0.352 e. The van der Waals surface area contributed by atoms with Crippen molar-refractivity contribution >= 4 is 40.2 Å². The number of fused-ring (bicyclic) bond motifs is 2. The van der Waals surface area contributed by atoms with Crippen molar-refractivity contribution in [2.75, 3.05) is 5.75 Å². The van der Waals surface area contributed by atoms with Crippen LogP contribution in [0.4, 0.5) is 0 Å². The van der Waals surface area contributed by atoms with Crippen LogP contribution in [0.25, 0.3) is 10.9 Å². The van der Waals surface area contributed by atoms with Crippen molar-refractivity contribution in [2.45, 2.75) is 69.7 Å². The zero-order valence-corrected chi connectivity index (χ0v) is 18.3. The summed E-state index contributed by atoms with van der Waals surface area (Å²) in [6, 6.07) is 6.25. The normalized spacial score (nSPS) is 24.8. The average molecular weight is 417 g/mol. The second kappa shape index (κ2) is 8.62. The van der Waals surface area contributed by atoms with E-state index in [1.165, 1.54) is 41.8 Å². The number of halogens is 1. The number of rotatable bonds is 4. The number of carbonyl (C=O) groups excluding carboxylic acids is 1. The molecule has 28 heavy (non-hydrogen) atoms. The van der Waals surface area contributed by atoms with Gasteiger partial charge in [0.2, 0.25) is 5.91 Å². The highest BCUT2D eigenvalue weighted by molar-refractivity contribution is 8.00. The summed E-state index contributed by atoms with van der Waals surface area (Å²) >= 11 is 7.88. The Morgan fingerprint density at radius 2 is 2.04 bits per heavy atom. The van der Waals surface area contributed by atoms with Gasteiger partial charge in [0.25, 0.3) is 0 Å². The van der Waals surface area contributed by atoms with Gasteiger partial charge in [0, 0.05) is 27.0 Å². The quantitative estimate of drug-likeness (QED) is 0.640. The van der Waals surface area contributed by atoms with Crippen LogP contribution in [0.1, 0.15) is 57.2 Å². The molecular weight excluding hydrogens is 388 g/mol. The Bertz CT molecular complexity index is 885. The molecule has 5 heteroatoms. The van der Waals surface area contributed by atoms with Crippen molar-refractivity contribution < 1.29 is 4.79 Å². The summed E-state index contributed by atoms with van der Waals surface area (Å²) < 4.78 is 0. The van der Waals surface area contributed by atoms with Crippen LogP contribution >= 0.6 is 23.4 Å². The Morgan fingerprint density at radius 1 is 1.21 bits per heavy atom. The standard InChI is InChI=1S/C23H29ClN2OS/c1-14-6-5-9-19(15(14)2)26-22(27)13-28-23-17-7-3-4-8-20(17)25-21-12-16(24)10-11-18(21)23/h10-12,14-15,19H,3-9,13H2,1-2H3,(H,26,27)/t14-,15+,19+/m1/s1. The molecule has 0 unspecified atom stereocenters. The number of aryl methyl sites for hydroxylation is 1. The minimum absolute atomic E-state index is 0.152. The number of amides is 1. The maximum absolute atomic E-state index is 12.7. The third kappa shape index (κ3) is 4.18. The molecule has 1 N–H and O–H groups in total. The molecule has 1 fully saturated rings. The van der Waals surface area contributed by atoms with Gasteiger partial charge in [-0.05, 0) is 61.6 Å². The first kappa shape index (κ1) is 20.0. The molecule has 4 rings (SSSR count). The van der Waals surface area contributed by atoms with Crippen LogP contribution in [0.3, 0.4) is 0 Å². The molecule has 1 heterocycles. The van der Waals surface area contributed by atoms with Crippen molar-refractivity contribution in [3.8, 4) is 0 Å². The van der Waals surface area contributed by atoms with Gasteiger partial charge in [0.05, 0.1) is 11.3 Å². The highest BCUT2D eigenvalue weighted by atomic mass is 35.5. The summed E-state index contributed by atoms with van der Waals surface area (Å²) in [7, 11) is 0. The van der Waals surface area contributed by atoms with E-state index in [9.17, 15) is 4.79 Å². The van der Waals surface area contributed by atoms with E-state index in [1.54, 1.807) is 11.8 Å². The monoisotopic (exact) mass is 416 g/mol. The lowest BCUT2D eigenvalue weighted by Gasteiger charge is -2.34. The fourth-order valence-electron chi connectivity index (χ4n) is 4.69. The highest BCUT2D eigenvalue weighted by Gasteiger charge is 2.28. The summed E-state index contributed by atoms with van der Waals surface area (Å²) in [4.78, 5) is 18.8. The summed E-state index contributed by atoms with van der Waals surface area (Å²) in [6.07, 6.45) is 8.07. The number of carbonyl (C=O) groups is 1. The van der Waals surface area contributed by atoms with Crippen LogP contribution in [-0.4, -0.2) is 22.7 Å². The molecule has 2 aliphatic carbocycles. The van der Waals surface area contributed by atoms with Gasteiger partial charge in [-0.3, -0.25) is 9.78 Å². The Labute approximate surface area is 177 Å². The Morgan fingerprint density at radius 3 is 2.89 bits per heavy atom. The molecule has 0 saturated heterocycles. The van der Waals surface area contributed by atoms with E-state index in [0.29, 0.717) is 28.7 Å². The van der Waals surface area contributed by atoms with Gasteiger partial charge in [-0.25, -0.2) is 0 Å². The number of aromatic nitrogens is 1. The van der Waals surface area contributed by atoms with Gasteiger partial charge in [-0.15, -0.1) is 11.8 Å². The smallest absolute Gasteiger partial charge is 0.230 e. The van der Waals surface area contributed by atoms with Crippen LogP contribution < -0.4 is 5.32 Å². The van der Waals surface area contributed by atoms with Crippen LogP contribution in [0.15, 0.2) is 23.1 Å². The number of hydrogen-bond acceptors (Lipinski definition) is 3. The number of pyridine rings is 1. The van der Waals surface area contributed by atoms with E-state index in [-0.39, 0.29) is 5.91 Å². The molecule has 2 aliphatic rings. The van der Waals surface area contributed by atoms with Gasteiger partial charge in [0.1, 0.15) is 0 Å². The topological polar surface area (TPSA) is 42.0 Å². The first-order valence-electron chi connectivity index (χ1n) is 10.6. The van der Waals surface area contributed by atoms with Crippen LogP contribution in [-0.2, 0) is 17.6 Å². The van der Waals surface area contributed by atoms with Crippen LogP contribution in [0.5, 0.6) is 0 Å². The third-order valence-electron chi connectivity index (χ3n) is 6.57. The molecule has 3 nitrogen and oxygen atoms in total. The number of hydrogen-bond donors (Lipinski definition) is 1. The van der Waals surface area contributed by atoms with E-state index >= 15 is 0 Å². The van der Waals surface area contributed by atoms with Gasteiger partial charge in [-0.2, -0.15) is 0 Å². The fourth-order valence-corrected chi connectivity index (χ4v) is 5.94. The molecule has 1 saturated carbocycles. The van der Waals surface area contributed by atoms with E-state index in [4.69, 9.17) is 16.6 Å². The molecule has 0 aliphatic heterocycles. The van der Waals surface area contributed by atoms with Crippen molar-refractivity contribution in [3.05, 3.63) is 34.5 Å². The van der Waals surface area contributed by atoms with Gasteiger partial charge in [-0.1, -0.05) is 44.4 Å². The lowest BCUT2D eigenvalue weighted by molar-refractivity contribution is -0.119. The molecule has 1 amide bonds. The molecule has 0 radical (unpaired) electrons. The third-order valence-corrected chi connectivity index (χ3v) is 7.97. The van der Waals surface area contributed by atoms with E-state index < -0.39 is 0 Å². The first-order valence-corrected chi connectivity index (χ1v) is 11.9. The van der Waals surface area contributed by atoms with Gasteiger partial charge in [0.15, 0.2) is 0 Å². The Kier molecular flexibility index (Phi) is 6.17. The molecule has 150 valence electrons. The number of thioether (sulfide) groups is 1. The maximum Gasteiger partial charge on any atom is 0.230 e. The predicted octanol–water partition coefficient (Wildman–Crippen LogP) is 5.80. The summed E-state index contributed by atoms with van der Waals surface area (Å²) in [5.41, 5.74) is 3.49. The SMILES string of the molecule is C[C@H]1[C@H](C)CCC[C@@H]1NC(=O)CSc1c2c(nc3cc(Cl)ccc13)CCCC2. The minimum atomic E-state index is 0.152. The molecule has 3 atom stereocenters. The zero-order chi connectivity index (χ0) is 19.7. The maximum atomic E-state index is 12.7. The number of nitrogens with one attached hydrogen (secondary N) is 1. The Balaban J connectivity index is 1.53. The minimum Gasteiger partial charge on any atom is -0.352 e. The molecule has 1 aromatic carbocycles. The second-order valence-corrected chi connectivity index (χ2v) is 9.89. The average Bonchev–Trinajstić information content (AvgIpc) is 2.68. The van der Waals surface area contributed by atoms with E-state index in [1.807, 2.05) is 12.1 Å². The Hall–Kier alpha value is -1.26. The summed E-state index contributed by atoms with van der Waals surface area (Å²) in [5, 5.41) is 5.15. The van der Waals surface area contributed by atoms with Crippen LogP contribution in [0.2, 0.25) is 5.02 Å². The fraction of sp³-hybridized carbons (Fsp3) is 0.565. The molecular formula is C23H29ClN2OS. The van der Waals surface area contributed by atoms with Crippen molar-refractivity contribution in [1.82, 2.24) is 10.3 Å². The molecule has 1 aromatic heterocycles. The first-order chi connectivity index (χ1) is 13.5. The van der Waals surface area contributed by atoms with Crippen LogP contribution in [0, 0.1) is 11.8 Å². The highest BCUT2D eigenvalue weighted by Crippen LogP contribution is 2.37. The van der Waals surface area contributed by atoms with Crippen molar-refractivity contribution in [1.29, 1.82) is 0 Å². The second-order valence-electron chi connectivity index (χ2n) is 8.46. The summed E-state index contributed by atoms with van der Waals surface area (Å²) in [5.74, 6) is 1.86. The number of nitrogens with zero attached hydrogens (tertiary/aromatic N) is 1. The van der Waals surface area contributed by atoms with E-state index in [0.717, 1.165) is 30.2 Å². The van der Waals surface area contributed by atoms with E-state index in [2.05, 4.69) is 25.2 Å². The molecule has 2 aromatic rings. The van der Waals surface area contributed by atoms with Gasteiger partial charge >= 0.3 is 0 Å². The molecule has 0 bridgehead atoms. The number of benzene rings is 1.